The molecule has 0 rings (SSSR count). The van der Waals surface area contributed by atoms with Crippen LogP contribution in [-0.4, -0.2) is 23.9 Å². The Morgan fingerprint density at radius 1 is 1.00 bits per heavy atom. The van der Waals surface area contributed by atoms with Gasteiger partial charge in [0.2, 0.25) is 5.91 Å². The largest absolute Gasteiger partial charge is 0.342 e. The van der Waals surface area contributed by atoms with Crippen LogP contribution in [0.5, 0.6) is 0 Å². The maximum Gasteiger partial charge on any atom is 0.240 e. The Balaban J connectivity index is 4.70. The third-order valence-electron chi connectivity index (χ3n) is 3.34. The van der Waals surface area contributed by atoms with Gasteiger partial charge in [-0.2, -0.15) is 5.26 Å². The summed E-state index contributed by atoms with van der Waals surface area (Å²) in [6, 6.07) is 2.17. The molecule has 0 aliphatic heterocycles. The van der Waals surface area contributed by atoms with Crippen molar-refractivity contribution in [1.82, 2.24) is 4.90 Å². The second-order valence-electron chi connectivity index (χ2n) is 6.54. The van der Waals surface area contributed by atoms with E-state index in [1.807, 2.05) is 18.7 Å². The number of nitrogens with zero attached hydrogens (tertiary/aromatic N) is 2. The molecular formula is C16H30N2O. The first kappa shape index (κ1) is 18.0. The molecule has 0 aliphatic carbocycles. The Morgan fingerprint density at radius 3 is 1.68 bits per heavy atom. The van der Waals surface area contributed by atoms with Gasteiger partial charge >= 0.3 is 0 Å². The number of carbonyl (C=O) groups excluding carboxylic acids is 1. The van der Waals surface area contributed by atoms with Crippen LogP contribution < -0.4 is 0 Å². The number of hydrogen-bond acceptors (Lipinski definition) is 2. The van der Waals surface area contributed by atoms with Gasteiger partial charge in [0.1, 0.15) is 5.92 Å². The fourth-order valence-electron chi connectivity index (χ4n) is 1.85. The highest BCUT2D eigenvalue weighted by atomic mass is 16.2. The van der Waals surface area contributed by atoms with Crippen LogP contribution in [0, 0.1) is 35.0 Å². The molecule has 0 aromatic rings. The molecule has 1 amide bonds. The summed E-state index contributed by atoms with van der Waals surface area (Å²) in [6.07, 6.45) is 2.00. The van der Waals surface area contributed by atoms with Gasteiger partial charge in [0, 0.05) is 13.1 Å². The Kier molecular flexibility index (Phi) is 8.47. The van der Waals surface area contributed by atoms with Crippen molar-refractivity contribution in [2.45, 2.75) is 54.4 Å². The summed E-state index contributed by atoms with van der Waals surface area (Å²) >= 11 is 0. The quantitative estimate of drug-likeness (QED) is 0.672. The van der Waals surface area contributed by atoms with Crippen molar-refractivity contribution in [3.63, 3.8) is 0 Å². The zero-order chi connectivity index (χ0) is 15.0. The van der Waals surface area contributed by atoms with E-state index >= 15 is 0 Å². The zero-order valence-electron chi connectivity index (χ0n) is 13.4. The summed E-state index contributed by atoms with van der Waals surface area (Å²) in [5.41, 5.74) is 0. The molecule has 0 aromatic carbocycles. The first-order valence-electron chi connectivity index (χ1n) is 7.48. The molecule has 110 valence electrons. The number of nitriles is 1. The molecule has 0 spiro atoms. The monoisotopic (exact) mass is 266 g/mol. The van der Waals surface area contributed by atoms with E-state index in [2.05, 4.69) is 33.8 Å². The Hall–Kier alpha value is -1.04. The smallest absolute Gasteiger partial charge is 0.240 e. The van der Waals surface area contributed by atoms with Crippen LogP contribution >= 0.6 is 0 Å². The molecule has 0 heterocycles. The third kappa shape index (κ3) is 7.20. The van der Waals surface area contributed by atoms with E-state index in [1.54, 1.807) is 0 Å². The van der Waals surface area contributed by atoms with Crippen LogP contribution in [0.15, 0.2) is 0 Å². The van der Waals surface area contributed by atoms with Gasteiger partial charge in [0.05, 0.1) is 6.07 Å². The van der Waals surface area contributed by atoms with Crippen LogP contribution in [0.3, 0.4) is 0 Å². The summed E-state index contributed by atoms with van der Waals surface area (Å²) in [4.78, 5) is 14.3. The van der Waals surface area contributed by atoms with Gasteiger partial charge in [-0.15, -0.1) is 0 Å². The maximum atomic E-state index is 12.4. The summed E-state index contributed by atoms with van der Waals surface area (Å²) in [5.74, 6) is 0.749. The van der Waals surface area contributed by atoms with E-state index in [-0.39, 0.29) is 11.8 Å². The first-order valence-corrected chi connectivity index (χ1v) is 7.48. The lowest BCUT2D eigenvalue weighted by atomic mass is 9.95. The van der Waals surface area contributed by atoms with Gasteiger partial charge in [-0.25, -0.2) is 0 Å². The predicted octanol–water partition coefficient (Wildman–Crippen LogP) is 3.70. The zero-order valence-corrected chi connectivity index (χ0v) is 13.4. The normalized spacial score (nSPS) is 12.8. The maximum absolute atomic E-state index is 12.4. The second-order valence-corrected chi connectivity index (χ2v) is 6.54. The van der Waals surface area contributed by atoms with Crippen molar-refractivity contribution in [1.29, 1.82) is 5.26 Å². The van der Waals surface area contributed by atoms with E-state index in [9.17, 15) is 10.1 Å². The fraction of sp³-hybridized carbons (Fsp3) is 0.875. The van der Waals surface area contributed by atoms with Crippen LogP contribution in [0.1, 0.15) is 54.4 Å². The van der Waals surface area contributed by atoms with E-state index in [1.165, 1.54) is 0 Å². The third-order valence-corrected chi connectivity index (χ3v) is 3.34. The van der Waals surface area contributed by atoms with Gasteiger partial charge in [0.15, 0.2) is 0 Å². The number of rotatable bonds is 8. The van der Waals surface area contributed by atoms with E-state index in [4.69, 9.17) is 0 Å². The Labute approximate surface area is 119 Å². The molecule has 0 radical (unpaired) electrons. The molecule has 1 unspecified atom stereocenters. The Morgan fingerprint density at radius 2 is 1.42 bits per heavy atom. The van der Waals surface area contributed by atoms with Gasteiger partial charge in [-0.05, 0) is 30.6 Å². The minimum atomic E-state index is -0.501. The van der Waals surface area contributed by atoms with Crippen molar-refractivity contribution in [3.05, 3.63) is 0 Å². The van der Waals surface area contributed by atoms with Crippen molar-refractivity contribution in [3.8, 4) is 6.07 Å². The topological polar surface area (TPSA) is 44.1 Å². The number of amides is 1. The molecule has 0 saturated heterocycles. The molecule has 0 aromatic heterocycles. The lowest BCUT2D eigenvalue weighted by molar-refractivity contribution is -0.135. The average molecular weight is 266 g/mol. The molecule has 0 saturated carbocycles. The molecule has 3 heteroatoms. The van der Waals surface area contributed by atoms with Gasteiger partial charge in [-0.3, -0.25) is 4.79 Å². The van der Waals surface area contributed by atoms with Crippen LogP contribution in [0.2, 0.25) is 0 Å². The second kappa shape index (κ2) is 8.96. The van der Waals surface area contributed by atoms with Crippen molar-refractivity contribution in [2.75, 3.05) is 13.1 Å². The summed E-state index contributed by atoms with van der Waals surface area (Å²) in [7, 11) is 0. The SMILES string of the molecule is CC(C)CCN(CCC(C)C)C(=O)C(C#N)C(C)C. The van der Waals surface area contributed by atoms with Crippen LogP contribution in [0.25, 0.3) is 0 Å². The average Bonchev–Trinajstić information content (AvgIpc) is 2.28. The highest BCUT2D eigenvalue weighted by Gasteiger charge is 2.26. The summed E-state index contributed by atoms with van der Waals surface area (Å²) in [6.45, 7) is 14.1. The van der Waals surface area contributed by atoms with Crippen LogP contribution in [-0.2, 0) is 4.79 Å². The Bertz CT molecular complexity index is 290. The molecule has 3 nitrogen and oxygen atoms in total. The standard InChI is InChI=1S/C16H30N2O/c1-12(2)7-9-18(10-8-13(3)4)16(19)15(11-17)14(5)6/h12-15H,7-10H2,1-6H3. The van der Waals surface area contributed by atoms with Crippen molar-refractivity contribution >= 4 is 5.91 Å². The predicted molar refractivity (Wildman–Crippen MR) is 79.4 cm³/mol. The minimum absolute atomic E-state index is 0.0128. The molecule has 0 aliphatic rings. The molecular weight excluding hydrogens is 236 g/mol. The van der Waals surface area contributed by atoms with Gasteiger partial charge < -0.3 is 4.90 Å². The fourth-order valence-corrected chi connectivity index (χ4v) is 1.85. The van der Waals surface area contributed by atoms with Crippen LogP contribution in [0.4, 0.5) is 0 Å². The summed E-state index contributed by atoms with van der Waals surface area (Å²) < 4.78 is 0. The molecule has 19 heavy (non-hydrogen) atoms. The summed E-state index contributed by atoms with van der Waals surface area (Å²) in [5, 5.41) is 9.17. The molecule has 0 fully saturated rings. The lowest BCUT2D eigenvalue weighted by Crippen LogP contribution is -2.39. The number of carbonyl (C=O) groups is 1. The van der Waals surface area contributed by atoms with E-state index < -0.39 is 5.92 Å². The van der Waals surface area contributed by atoms with Gasteiger partial charge in [-0.1, -0.05) is 41.5 Å². The van der Waals surface area contributed by atoms with Crippen molar-refractivity contribution < 1.29 is 4.79 Å². The van der Waals surface area contributed by atoms with E-state index in [0.717, 1.165) is 25.9 Å². The molecule has 0 bridgehead atoms. The highest BCUT2D eigenvalue weighted by molar-refractivity contribution is 5.81. The lowest BCUT2D eigenvalue weighted by Gasteiger charge is -2.27. The highest BCUT2D eigenvalue weighted by Crippen LogP contribution is 2.16. The number of hydrogen-bond donors (Lipinski definition) is 0. The molecule has 0 N–H and O–H groups in total. The van der Waals surface area contributed by atoms with E-state index in [0.29, 0.717) is 11.8 Å². The molecule has 1 atom stereocenters. The van der Waals surface area contributed by atoms with Crippen molar-refractivity contribution in [2.24, 2.45) is 23.7 Å². The minimum Gasteiger partial charge on any atom is -0.342 e. The first-order chi connectivity index (χ1) is 8.79. The van der Waals surface area contributed by atoms with Gasteiger partial charge in [0.25, 0.3) is 0 Å².